The highest BCUT2D eigenvalue weighted by Crippen LogP contribution is 2.47. The third-order valence-electron chi connectivity index (χ3n) is 6.65. The first kappa shape index (κ1) is 24.0. The zero-order valence-corrected chi connectivity index (χ0v) is 21.7. The molecular weight excluding hydrogens is 563 g/mol. The Morgan fingerprint density at radius 2 is 1.31 bits per heavy atom. The van der Waals surface area contributed by atoms with Gasteiger partial charge in [-0.15, -0.1) is 0 Å². The van der Waals surface area contributed by atoms with Crippen LogP contribution in [0.2, 0.25) is 0 Å². The molecule has 4 aromatic rings. The fourth-order valence-corrected chi connectivity index (χ4v) is 5.61. The number of halogens is 1. The van der Waals surface area contributed by atoms with Crippen LogP contribution in [0, 0.1) is 16.4 Å². The van der Waals surface area contributed by atoms with Crippen LogP contribution in [0.5, 0.6) is 23.0 Å². The molecule has 1 aliphatic carbocycles. The molecule has 4 nitrogen and oxygen atoms in total. The number of hydrogen-bond donors (Lipinski definition) is 4. The van der Waals surface area contributed by atoms with Gasteiger partial charge in [-0.1, -0.05) is 48.6 Å². The van der Waals surface area contributed by atoms with Gasteiger partial charge in [0.1, 0.15) is 23.0 Å². The highest BCUT2D eigenvalue weighted by Gasteiger charge is 2.30. The quantitative estimate of drug-likeness (QED) is 0.182. The zero-order valence-electron chi connectivity index (χ0n) is 19.6. The second-order valence-corrected chi connectivity index (χ2v) is 10.3. The molecule has 5 rings (SSSR count). The average molecular weight is 588 g/mol. The zero-order chi connectivity index (χ0) is 25.4. The summed E-state index contributed by atoms with van der Waals surface area (Å²) in [4.78, 5) is 0. The lowest BCUT2D eigenvalue weighted by Crippen LogP contribution is -2.11. The van der Waals surface area contributed by atoms with Gasteiger partial charge in [0.2, 0.25) is 0 Å². The summed E-state index contributed by atoms with van der Waals surface area (Å²) >= 11 is 2.25. The van der Waals surface area contributed by atoms with Crippen LogP contribution in [0.15, 0.2) is 97.1 Å². The summed E-state index contributed by atoms with van der Waals surface area (Å²) in [5, 5.41) is 41.6. The van der Waals surface area contributed by atoms with Crippen LogP contribution in [0.1, 0.15) is 28.2 Å². The van der Waals surface area contributed by atoms with E-state index in [9.17, 15) is 20.4 Å². The molecule has 1 aliphatic rings. The maximum Gasteiger partial charge on any atom is 0.122 e. The van der Waals surface area contributed by atoms with Gasteiger partial charge in [0.25, 0.3) is 0 Å². The minimum absolute atomic E-state index is 0.127. The molecular formula is C31H25IO4. The van der Waals surface area contributed by atoms with Crippen LogP contribution in [-0.2, 0) is 0 Å². The number of rotatable bonds is 5. The minimum Gasteiger partial charge on any atom is -0.508 e. The maximum atomic E-state index is 11.1. The first-order valence-corrected chi connectivity index (χ1v) is 12.7. The van der Waals surface area contributed by atoms with E-state index in [4.69, 9.17) is 0 Å². The monoisotopic (exact) mass is 588 g/mol. The van der Waals surface area contributed by atoms with Gasteiger partial charge in [-0.25, -0.2) is 0 Å². The summed E-state index contributed by atoms with van der Waals surface area (Å²) in [6, 6.07) is 23.4. The Labute approximate surface area is 223 Å². The summed E-state index contributed by atoms with van der Waals surface area (Å²) in [5.41, 5.74) is 6.04. The first-order valence-electron chi connectivity index (χ1n) is 11.6. The highest BCUT2D eigenvalue weighted by atomic mass is 127. The summed E-state index contributed by atoms with van der Waals surface area (Å²) in [6.07, 6.45) is 6.27. The molecule has 0 saturated carbocycles. The van der Waals surface area contributed by atoms with Gasteiger partial charge in [0, 0.05) is 26.5 Å². The summed E-state index contributed by atoms with van der Waals surface area (Å²) in [5.74, 6) is 0.302. The molecule has 0 aromatic heterocycles. The molecule has 5 heteroatoms. The average Bonchev–Trinajstić information content (AvgIpc) is 3.34. The lowest BCUT2D eigenvalue weighted by Gasteiger charge is -2.26. The number of aryl methyl sites for hydroxylation is 1. The van der Waals surface area contributed by atoms with E-state index in [1.54, 1.807) is 30.3 Å². The second-order valence-electron chi connectivity index (χ2n) is 9.06. The van der Waals surface area contributed by atoms with Crippen molar-refractivity contribution < 1.29 is 20.4 Å². The standard InChI is InChI=1S/C31H25IO4/c1-18-14-24(32)17-28(31(18)36)30(23-3-2-21(15-23)19-4-9-25(33)10-5-19)27-16-22(8-13-29(27)35)20-6-11-26(34)12-7-20/h2-17,23,30,33-36H,1H3. The van der Waals surface area contributed by atoms with Crippen LogP contribution in [0.3, 0.4) is 0 Å². The lowest BCUT2D eigenvalue weighted by molar-refractivity contribution is 0.445. The van der Waals surface area contributed by atoms with Crippen LogP contribution in [0.25, 0.3) is 16.7 Å². The van der Waals surface area contributed by atoms with E-state index in [0.717, 1.165) is 37.0 Å². The Morgan fingerprint density at radius 3 is 1.97 bits per heavy atom. The van der Waals surface area contributed by atoms with Gasteiger partial charge in [0.05, 0.1) is 0 Å². The first-order chi connectivity index (χ1) is 17.3. The molecule has 4 aromatic carbocycles. The summed E-state index contributed by atoms with van der Waals surface area (Å²) in [6.45, 7) is 1.88. The third kappa shape index (κ3) is 4.71. The van der Waals surface area contributed by atoms with Crippen molar-refractivity contribution in [2.75, 3.05) is 0 Å². The number of allylic oxidation sites excluding steroid dienone is 4. The number of phenolic OH excluding ortho intramolecular Hbond substituents is 4. The van der Waals surface area contributed by atoms with Gasteiger partial charge in [0.15, 0.2) is 0 Å². The van der Waals surface area contributed by atoms with E-state index < -0.39 is 0 Å². The van der Waals surface area contributed by atoms with Crippen molar-refractivity contribution in [3.05, 3.63) is 123 Å². The summed E-state index contributed by atoms with van der Waals surface area (Å²) in [7, 11) is 0. The highest BCUT2D eigenvalue weighted by molar-refractivity contribution is 14.1. The van der Waals surface area contributed by atoms with E-state index in [1.165, 1.54) is 0 Å². The normalized spacial score (nSPS) is 15.6. The van der Waals surface area contributed by atoms with E-state index >= 15 is 0 Å². The largest absolute Gasteiger partial charge is 0.508 e. The fourth-order valence-electron chi connectivity index (χ4n) is 4.80. The molecule has 0 amide bonds. The molecule has 0 saturated heterocycles. The van der Waals surface area contributed by atoms with Crippen molar-refractivity contribution in [1.82, 2.24) is 0 Å². The minimum atomic E-state index is -0.346. The molecule has 0 aliphatic heterocycles. The molecule has 0 fully saturated rings. The Hall–Kier alpha value is -3.71. The number of benzene rings is 4. The Balaban J connectivity index is 1.66. The van der Waals surface area contributed by atoms with Gasteiger partial charge in [-0.05, 0) is 106 Å². The Kier molecular flexibility index (Phi) is 6.49. The van der Waals surface area contributed by atoms with E-state index in [2.05, 4.69) is 34.7 Å². The van der Waals surface area contributed by atoms with E-state index in [0.29, 0.717) is 5.56 Å². The molecule has 180 valence electrons. The molecule has 2 unspecified atom stereocenters. The lowest BCUT2D eigenvalue weighted by atomic mass is 9.79. The van der Waals surface area contributed by atoms with Gasteiger partial charge in [-0.3, -0.25) is 0 Å². The van der Waals surface area contributed by atoms with Crippen molar-refractivity contribution in [1.29, 1.82) is 0 Å². The van der Waals surface area contributed by atoms with Crippen LogP contribution in [-0.4, -0.2) is 20.4 Å². The number of phenols is 4. The van der Waals surface area contributed by atoms with Gasteiger partial charge < -0.3 is 20.4 Å². The smallest absolute Gasteiger partial charge is 0.122 e. The molecule has 0 bridgehead atoms. The molecule has 36 heavy (non-hydrogen) atoms. The van der Waals surface area contributed by atoms with Crippen LogP contribution >= 0.6 is 22.6 Å². The van der Waals surface area contributed by atoms with Crippen molar-refractivity contribution in [3.63, 3.8) is 0 Å². The van der Waals surface area contributed by atoms with Gasteiger partial charge >= 0.3 is 0 Å². The van der Waals surface area contributed by atoms with E-state index in [1.807, 2.05) is 61.5 Å². The predicted molar refractivity (Wildman–Crippen MR) is 151 cm³/mol. The van der Waals surface area contributed by atoms with Crippen molar-refractivity contribution in [3.8, 4) is 34.1 Å². The molecule has 0 heterocycles. The SMILES string of the molecule is Cc1cc(I)cc(C(c2cc(-c3ccc(O)cc3)ccc2O)C2C=CC(c3ccc(O)cc3)=C2)c1O. The topological polar surface area (TPSA) is 80.9 Å². The van der Waals surface area contributed by atoms with Crippen LogP contribution < -0.4 is 0 Å². The molecule has 4 N–H and O–H groups in total. The summed E-state index contributed by atoms with van der Waals surface area (Å²) < 4.78 is 1.00. The molecule has 2 atom stereocenters. The molecule has 0 radical (unpaired) electrons. The molecule has 0 spiro atoms. The van der Waals surface area contributed by atoms with Gasteiger partial charge in [-0.2, -0.15) is 0 Å². The van der Waals surface area contributed by atoms with Crippen molar-refractivity contribution in [2.24, 2.45) is 5.92 Å². The maximum absolute atomic E-state index is 11.1. The number of aromatic hydroxyl groups is 4. The van der Waals surface area contributed by atoms with E-state index in [-0.39, 0.29) is 34.8 Å². The Bertz CT molecular complexity index is 1480. The fraction of sp³-hybridized carbons (Fsp3) is 0.0968. The Morgan fingerprint density at radius 1 is 0.694 bits per heavy atom. The van der Waals surface area contributed by atoms with Crippen molar-refractivity contribution >= 4 is 28.2 Å². The van der Waals surface area contributed by atoms with Crippen molar-refractivity contribution in [2.45, 2.75) is 12.8 Å². The number of hydrogen-bond acceptors (Lipinski definition) is 4. The van der Waals surface area contributed by atoms with Crippen LogP contribution in [0.4, 0.5) is 0 Å². The predicted octanol–water partition coefficient (Wildman–Crippen LogP) is 7.49. The third-order valence-corrected chi connectivity index (χ3v) is 7.27. The second kappa shape index (κ2) is 9.74.